The Bertz CT molecular complexity index is 76.1. The fraction of sp³-hybridized carbons (Fsp3) is 1.00. The van der Waals surface area contributed by atoms with Crippen molar-refractivity contribution in [1.82, 2.24) is 5.32 Å². The van der Waals surface area contributed by atoms with E-state index in [4.69, 9.17) is 14.2 Å². The largest absolute Gasteiger partial charge is 0.375 e. The van der Waals surface area contributed by atoms with Crippen LogP contribution in [0, 0.1) is 0 Å². The van der Waals surface area contributed by atoms with Gasteiger partial charge in [0.05, 0.1) is 13.2 Å². The quantitative estimate of drug-likeness (QED) is 0.418. The van der Waals surface area contributed by atoms with E-state index in [1.54, 1.807) is 14.2 Å². The fourth-order valence-electron chi connectivity index (χ4n) is 0.586. The Morgan fingerprint density at radius 2 is 1.91 bits per heavy atom. The molecule has 0 aromatic rings. The summed E-state index contributed by atoms with van der Waals surface area (Å²) in [6.07, 6.45) is -0.244. The van der Waals surface area contributed by atoms with E-state index in [2.05, 4.69) is 5.32 Å². The summed E-state index contributed by atoms with van der Waals surface area (Å²) >= 11 is 0. The van der Waals surface area contributed by atoms with Gasteiger partial charge in [-0.3, -0.25) is 0 Å². The zero-order valence-corrected chi connectivity index (χ0v) is 7.42. The SMILES string of the molecule is CNCCOCC(OC)OC. The lowest BCUT2D eigenvalue weighted by Crippen LogP contribution is -2.23. The second kappa shape index (κ2) is 7.94. The van der Waals surface area contributed by atoms with Crippen LogP contribution in [0.4, 0.5) is 0 Å². The Hall–Kier alpha value is -0.160. The number of hydrogen-bond acceptors (Lipinski definition) is 4. The molecule has 0 saturated heterocycles. The predicted molar refractivity (Wildman–Crippen MR) is 42.6 cm³/mol. The van der Waals surface area contributed by atoms with Crippen LogP contribution in [0.5, 0.6) is 0 Å². The molecular formula is C7H17NO3. The average molecular weight is 163 g/mol. The van der Waals surface area contributed by atoms with Gasteiger partial charge >= 0.3 is 0 Å². The molecule has 0 rings (SSSR count). The summed E-state index contributed by atoms with van der Waals surface area (Å²) in [5.41, 5.74) is 0. The van der Waals surface area contributed by atoms with Gasteiger partial charge in [0.2, 0.25) is 0 Å². The minimum atomic E-state index is -0.244. The van der Waals surface area contributed by atoms with E-state index >= 15 is 0 Å². The van der Waals surface area contributed by atoms with Gasteiger partial charge in [-0.2, -0.15) is 0 Å². The highest BCUT2D eigenvalue weighted by atomic mass is 16.7. The van der Waals surface area contributed by atoms with Crippen molar-refractivity contribution in [3.8, 4) is 0 Å². The first-order chi connectivity index (χ1) is 5.35. The standard InChI is InChI=1S/C7H17NO3/c1-8-4-5-11-6-7(9-2)10-3/h7-8H,4-6H2,1-3H3. The second-order valence-corrected chi connectivity index (χ2v) is 2.08. The van der Waals surface area contributed by atoms with E-state index in [0.29, 0.717) is 13.2 Å². The van der Waals surface area contributed by atoms with Crippen LogP contribution in [-0.4, -0.2) is 47.3 Å². The molecule has 0 aliphatic heterocycles. The lowest BCUT2D eigenvalue weighted by atomic mass is 10.6. The first-order valence-electron chi connectivity index (χ1n) is 3.63. The molecule has 0 saturated carbocycles. The van der Waals surface area contributed by atoms with E-state index in [1.807, 2.05) is 7.05 Å². The van der Waals surface area contributed by atoms with E-state index in [-0.39, 0.29) is 6.29 Å². The molecule has 0 aromatic carbocycles. The van der Waals surface area contributed by atoms with Gasteiger partial charge in [-0.25, -0.2) is 0 Å². The minimum Gasteiger partial charge on any atom is -0.375 e. The number of methoxy groups -OCH3 is 2. The molecule has 0 fully saturated rings. The van der Waals surface area contributed by atoms with Gasteiger partial charge in [0.25, 0.3) is 0 Å². The van der Waals surface area contributed by atoms with Crippen molar-refractivity contribution in [2.75, 3.05) is 41.0 Å². The summed E-state index contributed by atoms with van der Waals surface area (Å²) in [4.78, 5) is 0. The Kier molecular flexibility index (Phi) is 7.83. The van der Waals surface area contributed by atoms with E-state index in [1.165, 1.54) is 0 Å². The number of nitrogens with one attached hydrogen (secondary N) is 1. The van der Waals surface area contributed by atoms with Crippen molar-refractivity contribution in [1.29, 1.82) is 0 Å². The number of likely N-dealkylation sites (N-methyl/N-ethyl adjacent to an activating group) is 1. The summed E-state index contributed by atoms with van der Waals surface area (Å²) in [5.74, 6) is 0. The topological polar surface area (TPSA) is 39.7 Å². The zero-order valence-electron chi connectivity index (χ0n) is 7.42. The molecule has 0 aliphatic rings. The van der Waals surface area contributed by atoms with Crippen LogP contribution in [0.2, 0.25) is 0 Å². The molecule has 0 radical (unpaired) electrons. The highest BCUT2D eigenvalue weighted by molar-refractivity contribution is 4.40. The number of ether oxygens (including phenoxy) is 3. The molecule has 0 atom stereocenters. The van der Waals surface area contributed by atoms with Gasteiger partial charge < -0.3 is 19.5 Å². The Morgan fingerprint density at radius 1 is 1.27 bits per heavy atom. The van der Waals surface area contributed by atoms with Crippen LogP contribution >= 0.6 is 0 Å². The molecule has 4 nitrogen and oxygen atoms in total. The highest BCUT2D eigenvalue weighted by Crippen LogP contribution is 1.90. The lowest BCUT2D eigenvalue weighted by Gasteiger charge is -2.12. The summed E-state index contributed by atoms with van der Waals surface area (Å²) in [7, 11) is 5.07. The third-order valence-electron chi connectivity index (χ3n) is 1.28. The predicted octanol–water partition coefficient (Wildman–Crippen LogP) is -0.159. The maximum Gasteiger partial charge on any atom is 0.180 e. The summed E-state index contributed by atoms with van der Waals surface area (Å²) < 4.78 is 15.0. The molecule has 0 heterocycles. The third kappa shape index (κ3) is 6.25. The molecule has 68 valence electrons. The van der Waals surface area contributed by atoms with E-state index < -0.39 is 0 Å². The summed E-state index contributed by atoms with van der Waals surface area (Å²) in [6.45, 7) is 2.01. The lowest BCUT2D eigenvalue weighted by molar-refractivity contribution is -0.139. The monoisotopic (exact) mass is 163 g/mol. The zero-order chi connectivity index (χ0) is 8.53. The van der Waals surface area contributed by atoms with E-state index in [0.717, 1.165) is 6.54 Å². The van der Waals surface area contributed by atoms with Gasteiger partial charge in [0, 0.05) is 20.8 Å². The molecule has 0 amide bonds. The Morgan fingerprint density at radius 3 is 2.36 bits per heavy atom. The van der Waals surface area contributed by atoms with Crippen molar-refractivity contribution < 1.29 is 14.2 Å². The molecule has 11 heavy (non-hydrogen) atoms. The van der Waals surface area contributed by atoms with Gasteiger partial charge in [-0.1, -0.05) is 0 Å². The number of hydrogen-bond donors (Lipinski definition) is 1. The van der Waals surface area contributed by atoms with Crippen molar-refractivity contribution in [3.05, 3.63) is 0 Å². The average Bonchev–Trinajstić information content (AvgIpc) is 2.05. The Balaban J connectivity index is 3.07. The van der Waals surface area contributed by atoms with Crippen molar-refractivity contribution >= 4 is 0 Å². The first kappa shape index (κ1) is 10.8. The first-order valence-corrected chi connectivity index (χ1v) is 3.63. The maximum absolute atomic E-state index is 5.21. The van der Waals surface area contributed by atoms with Crippen molar-refractivity contribution in [2.24, 2.45) is 0 Å². The van der Waals surface area contributed by atoms with Gasteiger partial charge in [0.1, 0.15) is 0 Å². The molecular weight excluding hydrogens is 146 g/mol. The molecule has 0 spiro atoms. The molecule has 0 aliphatic carbocycles. The van der Waals surface area contributed by atoms with Crippen LogP contribution < -0.4 is 5.32 Å². The second-order valence-electron chi connectivity index (χ2n) is 2.08. The van der Waals surface area contributed by atoms with Gasteiger partial charge in [-0.05, 0) is 7.05 Å². The van der Waals surface area contributed by atoms with Crippen LogP contribution in [0.25, 0.3) is 0 Å². The fourth-order valence-corrected chi connectivity index (χ4v) is 0.586. The van der Waals surface area contributed by atoms with Crippen LogP contribution in [-0.2, 0) is 14.2 Å². The van der Waals surface area contributed by atoms with E-state index in [9.17, 15) is 0 Å². The molecule has 0 aromatic heterocycles. The Labute approximate surface area is 67.8 Å². The molecule has 1 N–H and O–H groups in total. The number of rotatable bonds is 7. The summed E-state index contributed by atoms with van der Waals surface area (Å²) in [6, 6.07) is 0. The third-order valence-corrected chi connectivity index (χ3v) is 1.28. The van der Waals surface area contributed by atoms with Crippen molar-refractivity contribution in [3.63, 3.8) is 0 Å². The van der Waals surface area contributed by atoms with Gasteiger partial charge in [-0.15, -0.1) is 0 Å². The molecule has 0 unspecified atom stereocenters. The van der Waals surface area contributed by atoms with Crippen LogP contribution in [0.15, 0.2) is 0 Å². The highest BCUT2D eigenvalue weighted by Gasteiger charge is 2.02. The summed E-state index contributed by atoms with van der Waals surface area (Å²) in [5, 5.41) is 2.97. The van der Waals surface area contributed by atoms with Crippen molar-refractivity contribution in [2.45, 2.75) is 6.29 Å². The minimum absolute atomic E-state index is 0.244. The normalized spacial score (nSPS) is 10.9. The van der Waals surface area contributed by atoms with Crippen LogP contribution in [0.1, 0.15) is 0 Å². The van der Waals surface area contributed by atoms with Gasteiger partial charge in [0.15, 0.2) is 6.29 Å². The molecule has 0 bridgehead atoms. The smallest absolute Gasteiger partial charge is 0.180 e. The van der Waals surface area contributed by atoms with Crippen LogP contribution in [0.3, 0.4) is 0 Å². The maximum atomic E-state index is 5.21. The molecule has 4 heteroatoms.